The number of ether oxygens (including phenoxy) is 3. The normalized spacial score (nSPS) is 11.7. The highest BCUT2D eigenvalue weighted by Gasteiger charge is 2.57. The van der Waals surface area contributed by atoms with Crippen LogP contribution in [0.3, 0.4) is 0 Å². The van der Waals surface area contributed by atoms with E-state index in [9.17, 15) is 36.3 Å². The first-order chi connectivity index (χ1) is 19.2. The first-order valence-corrected chi connectivity index (χ1v) is 11.8. The van der Waals surface area contributed by atoms with E-state index in [2.05, 4.69) is 0 Å². The van der Waals surface area contributed by atoms with Crippen molar-refractivity contribution in [2.75, 3.05) is 11.5 Å². The molecular formula is C28H23F5N2O6. The van der Waals surface area contributed by atoms with Crippen LogP contribution in [0.5, 0.6) is 11.5 Å². The van der Waals surface area contributed by atoms with Crippen molar-refractivity contribution in [2.24, 2.45) is 0 Å². The molecule has 0 aliphatic rings. The Hall–Kier alpha value is -4.94. The number of carbonyl (C=O) groups excluding carboxylic acids is 3. The summed E-state index contributed by atoms with van der Waals surface area (Å²) in [6, 6.07) is 15.7. The Morgan fingerprint density at radius 1 is 0.780 bits per heavy atom. The van der Waals surface area contributed by atoms with Crippen LogP contribution in [0.15, 0.2) is 72.8 Å². The van der Waals surface area contributed by atoms with Crippen molar-refractivity contribution in [1.82, 2.24) is 0 Å². The predicted molar refractivity (Wildman–Crippen MR) is 138 cm³/mol. The number of carbonyl (C=O) groups is 3. The average Bonchev–Trinajstić information content (AvgIpc) is 2.89. The van der Waals surface area contributed by atoms with Crippen molar-refractivity contribution in [2.45, 2.75) is 31.5 Å². The molecule has 3 aromatic rings. The van der Waals surface area contributed by atoms with Gasteiger partial charge in [-0.3, -0.25) is 4.79 Å². The maximum absolute atomic E-state index is 12.9. The summed E-state index contributed by atoms with van der Waals surface area (Å²) in [7, 11) is 0. The molecule has 0 aliphatic carbocycles. The highest BCUT2D eigenvalue weighted by atomic mass is 19.4. The van der Waals surface area contributed by atoms with E-state index in [0.717, 1.165) is 12.1 Å². The lowest BCUT2D eigenvalue weighted by Crippen LogP contribution is -2.37. The zero-order valence-electron chi connectivity index (χ0n) is 21.1. The summed E-state index contributed by atoms with van der Waals surface area (Å²) in [5.41, 5.74) is 13.6. The molecule has 0 atom stereocenters. The van der Waals surface area contributed by atoms with Crippen LogP contribution < -0.4 is 20.9 Å². The quantitative estimate of drug-likeness (QED) is 0.103. The monoisotopic (exact) mass is 578 g/mol. The standard InChI is InChI=1S/C28H23F5N2O6/c29-27(30,28(31,32)33)12-11-25(37)40-22-8-4-19(5-9-22)26(38)41-23-6-1-17(2-7-23)3-10-24(36)39-16-18-13-20(34)15-21(35)14-18/h1-10,13-15H,11-12,16,34-35H2. The predicted octanol–water partition coefficient (Wildman–Crippen LogP) is 5.71. The van der Waals surface area contributed by atoms with Crippen LogP contribution >= 0.6 is 0 Å². The van der Waals surface area contributed by atoms with Gasteiger partial charge in [-0.1, -0.05) is 12.1 Å². The number of hydrogen-bond donors (Lipinski definition) is 2. The van der Waals surface area contributed by atoms with Gasteiger partial charge in [-0.15, -0.1) is 0 Å². The van der Waals surface area contributed by atoms with Crippen LogP contribution in [-0.4, -0.2) is 30.0 Å². The van der Waals surface area contributed by atoms with Crippen LogP contribution in [0.25, 0.3) is 6.08 Å². The summed E-state index contributed by atoms with van der Waals surface area (Å²) in [6.07, 6.45) is -5.98. The summed E-state index contributed by atoms with van der Waals surface area (Å²) in [5, 5.41) is 0. The van der Waals surface area contributed by atoms with Gasteiger partial charge in [0.15, 0.2) is 0 Å². The summed E-state index contributed by atoms with van der Waals surface area (Å²) >= 11 is 0. The fourth-order valence-corrected chi connectivity index (χ4v) is 3.25. The molecule has 0 bridgehead atoms. The molecule has 3 aromatic carbocycles. The molecular weight excluding hydrogens is 555 g/mol. The number of rotatable bonds is 10. The molecule has 13 heteroatoms. The molecule has 216 valence electrons. The third-order valence-electron chi connectivity index (χ3n) is 5.30. The summed E-state index contributed by atoms with van der Waals surface area (Å²) in [4.78, 5) is 36.0. The SMILES string of the molecule is Nc1cc(N)cc(COC(=O)C=Cc2ccc(OC(=O)c3ccc(OC(=O)CCC(F)(F)C(F)(F)F)cc3)cc2)c1. The lowest BCUT2D eigenvalue weighted by atomic mass is 10.2. The number of halogens is 5. The highest BCUT2D eigenvalue weighted by Crippen LogP contribution is 2.38. The van der Waals surface area contributed by atoms with Gasteiger partial charge in [0.2, 0.25) is 0 Å². The molecule has 0 aromatic heterocycles. The maximum atomic E-state index is 12.9. The van der Waals surface area contributed by atoms with Crippen molar-refractivity contribution in [1.29, 1.82) is 0 Å². The van der Waals surface area contributed by atoms with Gasteiger partial charge in [0.25, 0.3) is 0 Å². The van der Waals surface area contributed by atoms with Gasteiger partial charge in [-0.2, -0.15) is 22.0 Å². The number of alkyl halides is 5. The molecule has 0 fully saturated rings. The Morgan fingerprint density at radius 2 is 1.34 bits per heavy atom. The van der Waals surface area contributed by atoms with E-state index >= 15 is 0 Å². The van der Waals surface area contributed by atoms with E-state index in [4.69, 9.17) is 25.7 Å². The second-order valence-electron chi connectivity index (χ2n) is 8.61. The number of benzene rings is 3. The molecule has 0 aliphatic heterocycles. The van der Waals surface area contributed by atoms with Gasteiger partial charge in [0.1, 0.15) is 18.1 Å². The van der Waals surface area contributed by atoms with Crippen molar-refractivity contribution in [3.63, 3.8) is 0 Å². The summed E-state index contributed by atoms with van der Waals surface area (Å²) in [6.45, 7) is -0.0163. The maximum Gasteiger partial charge on any atom is 0.453 e. The highest BCUT2D eigenvalue weighted by molar-refractivity contribution is 5.91. The minimum Gasteiger partial charge on any atom is -0.458 e. The first-order valence-electron chi connectivity index (χ1n) is 11.8. The van der Waals surface area contributed by atoms with E-state index in [1.165, 1.54) is 36.4 Å². The number of esters is 3. The summed E-state index contributed by atoms with van der Waals surface area (Å²) in [5.74, 6) is -7.67. The second-order valence-corrected chi connectivity index (χ2v) is 8.61. The topological polar surface area (TPSA) is 131 Å². The number of nitrogen functional groups attached to an aromatic ring is 2. The third kappa shape index (κ3) is 9.34. The largest absolute Gasteiger partial charge is 0.458 e. The molecule has 8 nitrogen and oxygen atoms in total. The molecule has 0 heterocycles. The van der Waals surface area contributed by atoms with E-state index in [1.807, 2.05) is 0 Å². The van der Waals surface area contributed by atoms with E-state index < -0.39 is 42.8 Å². The van der Waals surface area contributed by atoms with Crippen molar-refractivity contribution in [3.8, 4) is 11.5 Å². The van der Waals surface area contributed by atoms with Crippen LogP contribution in [-0.2, 0) is 20.9 Å². The second kappa shape index (κ2) is 12.9. The Bertz CT molecular complexity index is 1400. The van der Waals surface area contributed by atoms with E-state index in [-0.39, 0.29) is 23.7 Å². The van der Waals surface area contributed by atoms with Gasteiger partial charge in [-0.05, 0) is 71.8 Å². The minimum absolute atomic E-state index is 0.0163. The van der Waals surface area contributed by atoms with Crippen LogP contribution in [0, 0.1) is 0 Å². The molecule has 4 N–H and O–H groups in total. The van der Waals surface area contributed by atoms with Gasteiger partial charge in [0.05, 0.1) is 12.0 Å². The Kier molecular flexibility index (Phi) is 9.66. The molecule has 0 radical (unpaired) electrons. The van der Waals surface area contributed by atoms with Crippen LogP contribution in [0.2, 0.25) is 0 Å². The zero-order chi connectivity index (χ0) is 30.2. The molecule has 3 rings (SSSR count). The van der Waals surface area contributed by atoms with E-state index in [1.54, 1.807) is 30.3 Å². The fourth-order valence-electron chi connectivity index (χ4n) is 3.25. The van der Waals surface area contributed by atoms with Gasteiger partial charge < -0.3 is 25.7 Å². The minimum atomic E-state index is -5.77. The van der Waals surface area contributed by atoms with Crippen LogP contribution in [0.4, 0.5) is 33.3 Å². The van der Waals surface area contributed by atoms with Gasteiger partial charge in [-0.25, -0.2) is 9.59 Å². The molecule has 0 unspecified atom stereocenters. The van der Waals surface area contributed by atoms with Gasteiger partial charge in [0, 0.05) is 23.9 Å². The lowest BCUT2D eigenvalue weighted by Gasteiger charge is -2.18. The molecule has 0 saturated carbocycles. The Labute approximate surface area is 230 Å². The Morgan fingerprint density at radius 3 is 1.93 bits per heavy atom. The molecule has 0 saturated heterocycles. The molecule has 41 heavy (non-hydrogen) atoms. The fraction of sp³-hybridized carbons (Fsp3) is 0.179. The Balaban J connectivity index is 1.47. The smallest absolute Gasteiger partial charge is 0.453 e. The zero-order valence-corrected chi connectivity index (χ0v) is 21.1. The number of hydrogen-bond acceptors (Lipinski definition) is 8. The number of anilines is 2. The van der Waals surface area contributed by atoms with Crippen LogP contribution in [0.1, 0.15) is 34.3 Å². The molecule has 0 spiro atoms. The number of nitrogens with two attached hydrogens (primary N) is 2. The average molecular weight is 578 g/mol. The van der Waals surface area contributed by atoms with E-state index in [0.29, 0.717) is 22.5 Å². The van der Waals surface area contributed by atoms with Crippen molar-refractivity contribution < 1.29 is 50.5 Å². The first kappa shape index (κ1) is 30.6. The van der Waals surface area contributed by atoms with Gasteiger partial charge >= 0.3 is 30.0 Å². The lowest BCUT2D eigenvalue weighted by molar-refractivity contribution is -0.284. The molecule has 0 amide bonds. The summed E-state index contributed by atoms with van der Waals surface area (Å²) < 4.78 is 77.6. The van der Waals surface area contributed by atoms with Crippen molar-refractivity contribution in [3.05, 3.63) is 89.5 Å². The third-order valence-corrected chi connectivity index (χ3v) is 5.30. The van der Waals surface area contributed by atoms with Crippen molar-refractivity contribution >= 4 is 35.4 Å².